The number of pyridine rings is 1. The predicted octanol–water partition coefficient (Wildman–Crippen LogP) is 3.22. The fourth-order valence-electron chi connectivity index (χ4n) is 2.25. The normalized spacial score (nSPS) is 10.7. The maximum Gasteiger partial charge on any atom is 0.156 e. The molecule has 4 nitrogen and oxygen atoms in total. The van der Waals surface area contributed by atoms with Gasteiger partial charge in [0.05, 0.1) is 16.6 Å². The van der Waals surface area contributed by atoms with E-state index >= 15 is 0 Å². The molecular formula is C16H14N4. The molecule has 1 aromatic carbocycles. The molecule has 0 saturated heterocycles. The van der Waals surface area contributed by atoms with Crippen molar-refractivity contribution in [2.24, 2.45) is 0 Å². The number of hydrogen-bond acceptors (Lipinski definition) is 3. The number of hydrogen-bond donors (Lipinski definition) is 0. The van der Waals surface area contributed by atoms with E-state index in [1.807, 2.05) is 17.6 Å². The molecule has 20 heavy (non-hydrogen) atoms. The number of fused-ring (bicyclic) bond motifs is 1. The fraction of sp³-hybridized carbons (Fsp3) is 0.188. The Morgan fingerprint density at radius 1 is 1.10 bits per heavy atom. The molecule has 0 fully saturated rings. The van der Waals surface area contributed by atoms with Crippen molar-refractivity contribution in [2.45, 2.75) is 20.8 Å². The lowest BCUT2D eigenvalue weighted by Crippen LogP contribution is -2.01. The molecule has 98 valence electrons. The SMILES string of the molecule is Cc1ccc(C#N)c(-n2cnc3cc(C)c(C)cc32)n1. The van der Waals surface area contributed by atoms with Gasteiger partial charge in [-0.25, -0.2) is 9.97 Å². The first-order chi connectivity index (χ1) is 9.60. The van der Waals surface area contributed by atoms with Crippen molar-refractivity contribution in [1.82, 2.24) is 14.5 Å². The van der Waals surface area contributed by atoms with E-state index in [0.29, 0.717) is 11.4 Å². The lowest BCUT2D eigenvalue weighted by Gasteiger charge is -2.07. The van der Waals surface area contributed by atoms with Crippen LogP contribution in [-0.2, 0) is 0 Å². The molecular weight excluding hydrogens is 248 g/mol. The van der Waals surface area contributed by atoms with Gasteiger partial charge < -0.3 is 0 Å². The van der Waals surface area contributed by atoms with E-state index < -0.39 is 0 Å². The van der Waals surface area contributed by atoms with Gasteiger partial charge >= 0.3 is 0 Å². The first-order valence-electron chi connectivity index (χ1n) is 6.42. The quantitative estimate of drug-likeness (QED) is 0.676. The van der Waals surface area contributed by atoms with Crippen LogP contribution in [0.3, 0.4) is 0 Å². The molecule has 0 radical (unpaired) electrons. The minimum Gasteiger partial charge on any atom is -0.282 e. The van der Waals surface area contributed by atoms with Crippen molar-refractivity contribution >= 4 is 11.0 Å². The molecule has 0 amide bonds. The second-order valence-electron chi connectivity index (χ2n) is 4.98. The van der Waals surface area contributed by atoms with E-state index in [9.17, 15) is 5.26 Å². The zero-order valence-electron chi connectivity index (χ0n) is 11.7. The third-order valence-electron chi connectivity index (χ3n) is 3.53. The van der Waals surface area contributed by atoms with Gasteiger partial charge in [-0.15, -0.1) is 0 Å². The van der Waals surface area contributed by atoms with Crippen LogP contribution in [0.2, 0.25) is 0 Å². The third kappa shape index (κ3) is 1.84. The van der Waals surface area contributed by atoms with Crippen LogP contribution in [0.1, 0.15) is 22.4 Å². The van der Waals surface area contributed by atoms with E-state index in [-0.39, 0.29) is 0 Å². The third-order valence-corrected chi connectivity index (χ3v) is 3.53. The molecule has 0 aliphatic rings. The standard InChI is InChI=1S/C16H14N4/c1-10-6-14-15(7-11(10)2)20(9-18-14)16-13(8-17)5-4-12(3)19-16/h4-7,9H,1-3H3. The number of benzene rings is 1. The lowest BCUT2D eigenvalue weighted by molar-refractivity contribution is 0.992. The maximum atomic E-state index is 9.26. The fourth-order valence-corrected chi connectivity index (χ4v) is 2.25. The highest BCUT2D eigenvalue weighted by molar-refractivity contribution is 5.79. The Hall–Kier alpha value is -2.67. The molecule has 0 bridgehead atoms. The number of nitriles is 1. The topological polar surface area (TPSA) is 54.5 Å². The molecule has 4 heteroatoms. The molecule has 2 aromatic heterocycles. The number of imidazole rings is 1. The molecule has 0 aliphatic heterocycles. The minimum atomic E-state index is 0.549. The largest absolute Gasteiger partial charge is 0.282 e. The average molecular weight is 262 g/mol. The number of aromatic nitrogens is 3. The second-order valence-corrected chi connectivity index (χ2v) is 4.98. The highest BCUT2D eigenvalue weighted by atomic mass is 15.1. The van der Waals surface area contributed by atoms with Gasteiger partial charge in [-0.1, -0.05) is 0 Å². The molecule has 0 saturated carbocycles. The van der Waals surface area contributed by atoms with Gasteiger partial charge in [0.2, 0.25) is 0 Å². The highest BCUT2D eigenvalue weighted by Crippen LogP contribution is 2.22. The minimum absolute atomic E-state index is 0.549. The van der Waals surface area contributed by atoms with Gasteiger partial charge in [0.1, 0.15) is 12.4 Å². The summed E-state index contributed by atoms with van der Waals surface area (Å²) < 4.78 is 1.88. The summed E-state index contributed by atoms with van der Waals surface area (Å²) in [6, 6.07) is 9.98. The van der Waals surface area contributed by atoms with Gasteiger partial charge in [0.25, 0.3) is 0 Å². The van der Waals surface area contributed by atoms with E-state index in [2.05, 4.69) is 42.0 Å². The zero-order valence-corrected chi connectivity index (χ0v) is 11.7. The van der Waals surface area contributed by atoms with E-state index in [0.717, 1.165) is 16.7 Å². The van der Waals surface area contributed by atoms with E-state index in [4.69, 9.17) is 0 Å². The Labute approximate surface area is 117 Å². The van der Waals surface area contributed by atoms with Crippen LogP contribution in [-0.4, -0.2) is 14.5 Å². The van der Waals surface area contributed by atoms with Crippen LogP contribution in [0.4, 0.5) is 0 Å². The Morgan fingerprint density at radius 3 is 2.60 bits per heavy atom. The van der Waals surface area contributed by atoms with Crippen LogP contribution < -0.4 is 0 Å². The van der Waals surface area contributed by atoms with Gasteiger partial charge in [0, 0.05) is 5.69 Å². The van der Waals surface area contributed by atoms with Crippen molar-refractivity contribution in [3.8, 4) is 11.9 Å². The lowest BCUT2D eigenvalue weighted by atomic mass is 10.1. The summed E-state index contributed by atoms with van der Waals surface area (Å²) >= 11 is 0. The summed E-state index contributed by atoms with van der Waals surface area (Å²) in [4.78, 5) is 8.90. The van der Waals surface area contributed by atoms with Crippen LogP contribution >= 0.6 is 0 Å². The van der Waals surface area contributed by atoms with E-state index in [1.165, 1.54) is 11.1 Å². The molecule has 0 atom stereocenters. The Bertz CT molecular complexity index is 853. The molecule has 0 N–H and O–H groups in total. The van der Waals surface area contributed by atoms with Gasteiger partial charge in [0.15, 0.2) is 5.82 Å². The molecule has 0 aliphatic carbocycles. The van der Waals surface area contributed by atoms with Gasteiger partial charge in [-0.3, -0.25) is 4.57 Å². The summed E-state index contributed by atoms with van der Waals surface area (Å²) in [7, 11) is 0. The number of nitrogens with zero attached hydrogens (tertiary/aromatic N) is 4. The van der Waals surface area contributed by atoms with Crippen molar-refractivity contribution < 1.29 is 0 Å². The molecule has 3 aromatic rings. The summed E-state index contributed by atoms with van der Waals surface area (Å²) in [6.45, 7) is 6.06. The van der Waals surface area contributed by atoms with Crippen LogP contribution in [0.5, 0.6) is 0 Å². The Kier molecular flexibility index (Phi) is 2.76. The molecule has 0 unspecified atom stereocenters. The van der Waals surface area contributed by atoms with E-state index in [1.54, 1.807) is 12.4 Å². The van der Waals surface area contributed by atoms with Crippen LogP contribution in [0, 0.1) is 32.1 Å². The molecule has 3 rings (SSSR count). The first kappa shape index (κ1) is 12.4. The van der Waals surface area contributed by atoms with Crippen LogP contribution in [0.15, 0.2) is 30.6 Å². The van der Waals surface area contributed by atoms with Crippen molar-refractivity contribution in [1.29, 1.82) is 5.26 Å². The maximum absolute atomic E-state index is 9.26. The average Bonchev–Trinajstić information content (AvgIpc) is 2.82. The second kappa shape index (κ2) is 4.46. The van der Waals surface area contributed by atoms with Crippen molar-refractivity contribution in [3.63, 3.8) is 0 Å². The summed E-state index contributed by atoms with van der Waals surface area (Å²) in [5.74, 6) is 0.637. The first-order valence-corrected chi connectivity index (χ1v) is 6.42. The zero-order chi connectivity index (χ0) is 14.3. The Morgan fingerprint density at radius 2 is 1.85 bits per heavy atom. The number of aryl methyl sites for hydroxylation is 3. The Balaban J connectivity index is 2.33. The molecule has 2 heterocycles. The molecule has 0 spiro atoms. The van der Waals surface area contributed by atoms with Crippen LogP contribution in [0.25, 0.3) is 16.9 Å². The van der Waals surface area contributed by atoms with Crippen molar-refractivity contribution in [3.05, 3.63) is 53.0 Å². The predicted molar refractivity (Wildman–Crippen MR) is 77.8 cm³/mol. The summed E-state index contributed by atoms with van der Waals surface area (Å²) in [5, 5.41) is 9.26. The number of rotatable bonds is 1. The smallest absolute Gasteiger partial charge is 0.156 e. The monoisotopic (exact) mass is 262 g/mol. The summed E-state index contributed by atoms with van der Waals surface area (Å²) in [5.41, 5.74) is 5.73. The van der Waals surface area contributed by atoms with Gasteiger partial charge in [-0.05, 0) is 56.2 Å². The van der Waals surface area contributed by atoms with Gasteiger partial charge in [-0.2, -0.15) is 5.26 Å². The van der Waals surface area contributed by atoms with Crippen molar-refractivity contribution in [2.75, 3.05) is 0 Å². The summed E-state index contributed by atoms with van der Waals surface area (Å²) in [6.07, 6.45) is 1.73. The highest BCUT2D eigenvalue weighted by Gasteiger charge is 2.11.